The van der Waals surface area contributed by atoms with Crippen molar-refractivity contribution in [2.75, 3.05) is 40.5 Å². The minimum Gasteiger partial charge on any atom is -0.469 e. The molecular formula is C9H18N2O4. The van der Waals surface area contributed by atoms with Gasteiger partial charge in [-0.1, -0.05) is 0 Å². The van der Waals surface area contributed by atoms with Gasteiger partial charge in [0.2, 0.25) is 5.91 Å². The van der Waals surface area contributed by atoms with Crippen molar-refractivity contribution in [1.29, 1.82) is 0 Å². The molecule has 0 aliphatic carbocycles. The minimum atomic E-state index is -0.290. The fourth-order valence-electron chi connectivity index (χ4n) is 0.849. The highest BCUT2D eigenvalue weighted by Crippen LogP contribution is 1.80. The molecule has 0 saturated heterocycles. The van der Waals surface area contributed by atoms with Gasteiger partial charge in [0, 0.05) is 20.2 Å². The maximum absolute atomic E-state index is 11.1. The quantitative estimate of drug-likeness (QED) is 0.399. The van der Waals surface area contributed by atoms with Crippen LogP contribution in [0.3, 0.4) is 0 Å². The molecule has 0 heterocycles. The highest BCUT2D eigenvalue weighted by molar-refractivity contribution is 5.78. The number of ether oxygens (including phenoxy) is 2. The van der Waals surface area contributed by atoms with Crippen molar-refractivity contribution < 1.29 is 19.1 Å². The maximum atomic E-state index is 11.1. The van der Waals surface area contributed by atoms with Crippen molar-refractivity contribution in [3.8, 4) is 0 Å². The van der Waals surface area contributed by atoms with Gasteiger partial charge in [-0.2, -0.15) is 0 Å². The Morgan fingerprint density at radius 1 is 1.20 bits per heavy atom. The molecule has 0 aromatic heterocycles. The molecule has 0 aromatic rings. The summed E-state index contributed by atoms with van der Waals surface area (Å²) in [4.78, 5) is 21.8. The molecule has 0 fully saturated rings. The summed E-state index contributed by atoms with van der Waals surface area (Å²) in [7, 11) is 2.90. The average molecular weight is 218 g/mol. The van der Waals surface area contributed by atoms with E-state index in [-0.39, 0.29) is 24.8 Å². The molecule has 0 aromatic carbocycles. The topological polar surface area (TPSA) is 76.7 Å². The fraction of sp³-hybridized carbons (Fsp3) is 0.778. The molecule has 88 valence electrons. The van der Waals surface area contributed by atoms with Crippen molar-refractivity contribution in [3.63, 3.8) is 0 Å². The van der Waals surface area contributed by atoms with Gasteiger partial charge < -0.3 is 20.1 Å². The highest BCUT2D eigenvalue weighted by atomic mass is 16.5. The molecule has 15 heavy (non-hydrogen) atoms. The van der Waals surface area contributed by atoms with Gasteiger partial charge in [0.05, 0.1) is 26.7 Å². The average Bonchev–Trinajstić information content (AvgIpc) is 2.24. The van der Waals surface area contributed by atoms with Crippen LogP contribution >= 0.6 is 0 Å². The monoisotopic (exact) mass is 218 g/mol. The molecule has 0 radical (unpaired) electrons. The van der Waals surface area contributed by atoms with Crippen molar-refractivity contribution in [2.45, 2.75) is 6.42 Å². The molecule has 0 unspecified atom stereocenters. The molecule has 0 aliphatic rings. The SMILES string of the molecule is COCCNC(=O)CNCCC(=O)OC. The van der Waals surface area contributed by atoms with Crippen molar-refractivity contribution >= 4 is 11.9 Å². The third-order valence-corrected chi connectivity index (χ3v) is 1.65. The van der Waals surface area contributed by atoms with Crippen molar-refractivity contribution in [2.24, 2.45) is 0 Å². The molecule has 0 saturated carbocycles. The zero-order valence-corrected chi connectivity index (χ0v) is 9.17. The van der Waals surface area contributed by atoms with Crippen LogP contribution in [0.25, 0.3) is 0 Å². The van der Waals surface area contributed by atoms with Gasteiger partial charge in [0.1, 0.15) is 0 Å². The Labute approximate surface area is 89.3 Å². The van der Waals surface area contributed by atoms with Gasteiger partial charge in [0.15, 0.2) is 0 Å². The second-order valence-electron chi connectivity index (χ2n) is 2.85. The molecule has 0 rings (SSSR count). The second kappa shape index (κ2) is 9.42. The van der Waals surface area contributed by atoms with E-state index >= 15 is 0 Å². The lowest BCUT2D eigenvalue weighted by molar-refractivity contribution is -0.140. The number of amides is 1. The van der Waals surface area contributed by atoms with E-state index in [0.717, 1.165) is 0 Å². The summed E-state index contributed by atoms with van der Waals surface area (Å²) in [5.41, 5.74) is 0. The summed E-state index contributed by atoms with van der Waals surface area (Å²) in [6.45, 7) is 1.62. The van der Waals surface area contributed by atoms with Crippen molar-refractivity contribution in [3.05, 3.63) is 0 Å². The number of carbonyl (C=O) groups excluding carboxylic acids is 2. The Hall–Kier alpha value is -1.14. The Bertz CT molecular complexity index is 197. The Kier molecular flexibility index (Phi) is 8.70. The standard InChI is InChI=1S/C9H18N2O4/c1-14-6-5-11-8(12)7-10-4-3-9(13)15-2/h10H,3-7H2,1-2H3,(H,11,12). The van der Waals surface area contributed by atoms with E-state index in [0.29, 0.717) is 19.7 Å². The van der Waals surface area contributed by atoms with E-state index in [1.807, 2.05) is 0 Å². The molecule has 0 aliphatic heterocycles. The zero-order chi connectivity index (χ0) is 11.5. The van der Waals surface area contributed by atoms with Crippen LogP contribution < -0.4 is 10.6 Å². The normalized spacial score (nSPS) is 9.73. The lowest BCUT2D eigenvalue weighted by atomic mass is 10.4. The lowest BCUT2D eigenvalue weighted by Crippen LogP contribution is -2.36. The first kappa shape index (κ1) is 13.9. The first-order valence-electron chi connectivity index (χ1n) is 4.74. The molecule has 6 heteroatoms. The van der Waals surface area contributed by atoms with Gasteiger partial charge in [-0.15, -0.1) is 0 Å². The van der Waals surface area contributed by atoms with Crippen LogP contribution in [-0.4, -0.2) is 52.3 Å². The Morgan fingerprint density at radius 2 is 1.93 bits per heavy atom. The van der Waals surface area contributed by atoms with Crippen LogP contribution in [0.4, 0.5) is 0 Å². The third kappa shape index (κ3) is 9.17. The summed E-state index contributed by atoms with van der Waals surface area (Å²) in [6.07, 6.45) is 0.266. The van der Waals surface area contributed by atoms with Gasteiger partial charge in [-0.25, -0.2) is 0 Å². The van der Waals surface area contributed by atoms with Gasteiger partial charge >= 0.3 is 5.97 Å². The van der Waals surface area contributed by atoms with E-state index < -0.39 is 0 Å². The molecule has 6 nitrogen and oxygen atoms in total. The van der Waals surface area contributed by atoms with Gasteiger partial charge in [-0.3, -0.25) is 9.59 Å². The van der Waals surface area contributed by atoms with Crippen molar-refractivity contribution in [1.82, 2.24) is 10.6 Å². The van der Waals surface area contributed by atoms with E-state index in [1.165, 1.54) is 7.11 Å². The number of carbonyl (C=O) groups is 2. The number of hydrogen-bond acceptors (Lipinski definition) is 5. The highest BCUT2D eigenvalue weighted by Gasteiger charge is 2.01. The van der Waals surface area contributed by atoms with Crippen LogP contribution in [0.15, 0.2) is 0 Å². The molecular weight excluding hydrogens is 200 g/mol. The minimum absolute atomic E-state index is 0.114. The molecule has 0 spiro atoms. The summed E-state index contributed by atoms with van der Waals surface area (Å²) >= 11 is 0. The van der Waals surface area contributed by atoms with Gasteiger partial charge in [0.25, 0.3) is 0 Å². The number of rotatable bonds is 8. The van der Waals surface area contributed by atoms with Crippen LogP contribution in [0.1, 0.15) is 6.42 Å². The number of methoxy groups -OCH3 is 2. The lowest BCUT2D eigenvalue weighted by Gasteiger charge is -2.05. The van der Waals surface area contributed by atoms with E-state index in [9.17, 15) is 9.59 Å². The Balaban J connectivity index is 3.27. The first-order chi connectivity index (χ1) is 7.20. The molecule has 1 amide bonds. The summed E-state index contributed by atoms with van der Waals surface area (Å²) < 4.78 is 9.21. The number of esters is 1. The van der Waals surface area contributed by atoms with E-state index in [2.05, 4.69) is 15.4 Å². The van der Waals surface area contributed by atoms with E-state index in [1.54, 1.807) is 7.11 Å². The first-order valence-corrected chi connectivity index (χ1v) is 4.74. The summed E-state index contributed by atoms with van der Waals surface area (Å²) in [6, 6.07) is 0. The van der Waals surface area contributed by atoms with Crippen LogP contribution in [0.2, 0.25) is 0 Å². The molecule has 0 atom stereocenters. The maximum Gasteiger partial charge on any atom is 0.306 e. The van der Waals surface area contributed by atoms with Crippen LogP contribution in [-0.2, 0) is 19.1 Å². The number of nitrogens with one attached hydrogen (secondary N) is 2. The second-order valence-corrected chi connectivity index (χ2v) is 2.85. The largest absolute Gasteiger partial charge is 0.469 e. The van der Waals surface area contributed by atoms with Gasteiger partial charge in [-0.05, 0) is 0 Å². The predicted octanol–water partition coefficient (Wildman–Crippen LogP) is -1.10. The third-order valence-electron chi connectivity index (χ3n) is 1.65. The van der Waals surface area contributed by atoms with Crippen LogP contribution in [0.5, 0.6) is 0 Å². The molecule has 0 bridgehead atoms. The zero-order valence-electron chi connectivity index (χ0n) is 9.17. The van der Waals surface area contributed by atoms with Crippen LogP contribution in [0, 0.1) is 0 Å². The number of hydrogen-bond donors (Lipinski definition) is 2. The Morgan fingerprint density at radius 3 is 2.53 bits per heavy atom. The predicted molar refractivity (Wildman–Crippen MR) is 54.4 cm³/mol. The summed E-state index contributed by atoms with van der Waals surface area (Å²) in [5.74, 6) is -0.404. The summed E-state index contributed by atoms with van der Waals surface area (Å²) in [5, 5.41) is 5.47. The molecule has 2 N–H and O–H groups in total. The fourth-order valence-corrected chi connectivity index (χ4v) is 0.849. The smallest absolute Gasteiger partial charge is 0.306 e. The van der Waals surface area contributed by atoms with E-state index in [4.69, 9.17) is 4.74 Å².